The lowest BCUT2D eigenvalue weighted by molar-refractivity contribution is 0.102. The van der Waals surface area contributed by atoms with Crippen LogP contribution in [-0.2, 0) is 12.8 Å². The highest BCUT2D eigenvalue weighted by Gasteiger charge is 2.15. The number of nitrogens with zero attached hydrogens (tertiary/aromatic N) is 2. The van der Waals surface area contributed by atoms with E-state index in [2.05, 4.69) is 34.2 Å². The summed E-state index contributed by atoms with van der Waals surface area (Å²) >= 11 is 1.37. The van der Waals surface area contributed by atoms with Crippen molar-refractivity contribution in [1.82, 2.24) is 15.2 Å². The van der Waals surface area contributed by atoms with E-state index < -0.39 is 0 Å². The Balaban J connectivity index is 1.41. The van der Waals surface area contributed by atoms with Crippen LogP contribution in [0.25, 0.3) is 11.4 Å². The highest BCUT2D eigenvalue weighted by molar-refractivity contribution is 7.99. The quantitative estimate of drug-likeness (QED) is 0.553. The predicted octanol–water partition coefficient (Wildman–Crippen LogP) is 4.24. The molecule has 0 saturated heterocycles. The van der Waals surface area contributed by atoms with Gasteiger partial charge in [0.05, 0.1) is 5.75 Å². The van der Waals surface area contributed by atoms with E-state index in [-0.39, 0.29) is 5.78 Å². The van der Waals surface area contributed by atoms with Crippen LogP contribution in [-0.4, -0.2) is 26.7 Å². The van der Waals surface area contributed by atoms with Crippen LogP contribution in [0.2, 0.25) is 0 Å². The zero-order chi connectivity index (χ0) is 17.2. The third-order valence-electron chi connectivity index (χ3n) is 4.54. The largest absolute Gasteiger partial charge is 0.293 e. The summed E-state index contributed by atoms with van der Waals surface area (Å²) in [7, 11) is 0. The average molecular weight is 349 g/mol. The molecule has 0 saturated carbocycles. The highest BCUT2D eigenvalue weighted by atomic mass is 32.2. The fourth-order valence-corrected chi connectivity index (χ4v) is 3.80. The van der Waals surface area contributed by atoms with Crippen molar-refractivity contribution in [2.45, 2.75) is 31.3 Å². The summed E-state index contributed by atoms with van der Waals surface area (Å²) in [6.45, 7) is 2.05. The van der Waals surface area contributed by atoms with Crippen LogP contribution in [0.1, 0.15) is 33.5 Å². The van der Waals surface area contributed by atoms with Crippen LogP contribution in [0.5, 0.6) is 0 Å². The fourth-order valence-electron chi connectivity index (χ4n) is 3.11. The van der Waals surface area contributed by atoms with Crippen molar-refractivity contribution in [2.75, 3.05) is 5.75 Å². The molecule has 0 fully saturated rings. The van der Waals surface area contributed by atoms with Crippen molar-refractivity contribution >= 4 is 17.5 Å². The number of fused-ring (bicyclic) bond motifs is 1. The van der Waals surface area contributed by atoms with Gasteiger partial charge in [-0.1, -0.05) is 53.7 Å². The first-order valence-electron chi connectivity index (χ1n) is 8.46. The zero-order valence-electron chi connectivity index (χ0n) is 14.1. The molecule has 0 amide bonds. The lowest BCUT2D eigenvalue weighted by Crippen LogP contribution is -2.03. The number of thioether (sulfide) groups is 1. The van der Waals surface area contributed by atoms with Crippen LogP contribution in [0.3, 0.4) is 0 Å². The molecule has 0 unspecified atom stereocenters. The number of carbonyl (C=O) groups excluding carboxylic acids is 1. The number of aromatic nitrogens is 3. The first-order valence-corrected chi connectivity index (χ1v) is 9.45. The van der Waals surface area contributed by atoms with Gasteiger partial charge in [-0.15, -0.1) is 5.10 Å². The monoisotopic (exact) mass is 349 g/mol. The second-order valence-electron chi connectivity index (χ2n) is 6.38. The maximum Gasteiger partial charge on any atom is 0.209 e. The van der Waals surface area contributed by atoms with Crippen LogP contribution in [0.4, 0.5) is 0 Å². The van der Waals surface area contributed by atoms with E-state index in [0.29, 0.717) is 10.9 Å². The molecule has 126 valence electrons. The molecule has 5 heteroatoms. The molecular weight excluding hydrogens is 330 g/mol. The van der Waals surface area contributed by atoms with E-state index in [9.17, 15) is 4.79 Å². The van der Waals surface area contributed by atoms with Gasteiger partial charge in [0.2, 0.25) is 5.16 Å². The molecule has 4 nitrogen and oxygen atoms in total. The van der Waals surface area contributed by atoms with Gasteiger partial charge in [-0.05, 0) is 43.4 Å². The number of ketones is 1. The third-order valence-corrected chi connectivity index (χ3v) is 5.39. The SMILES string of the molecule is Cc1ccc(-c2nc(SCC(=O)c3ccc4c(c3)CCC4)n[nH]2)cc1. The first-order chi connectivity index (χ1) is 12.2. The number of carbonyl (C=O) groups is 1. The molecule has 1 aliphatic rings. The maximum atomic E-state index is 12.4. The average Bonchev–Trinajstić information content (AvgIpc) is 3.29. The maximum absolute atomic E-state index is 12.4. The van der Waals surface area contributed by atoms with E-state index in [4.69, 9.17) is 0 Å². The molecule has 0 radical (unpaired) electrons. The van der Waals surface area contributed by atoms with Gasteiger partial charge in [0.1, 0.15) is 0 Å². The van der Waals surface area contributed by atoms with Crippen LogP contribution >= 0.6 is 11.8 Å². The Labute approximate surface area is 151 Å². The second kappa shape index (κ2) is 6.84. The molecular formula is C20H19N3OS. The Morgan fingerprint density at radius 2 is 1.92 bits per heavy atom. The van der Waals surface area contributed by atoms with Crippen LogP contribution in [0.15, 0.2) is 47.6 Å². The van der Waals surface area contributed by atoms with E-state index in [1.165, 1.54) is 34.9 Å². The summed E-state index contributed by atoms with van der Waals surface area (Å²) in [6.07, 6.45) is 3.42. The number of rotatable bonds is 5. The lowest BCUT2D eigenvalue weighted by atomic mass is 10.0. The third kappa shape index (κ3) is 3.51. The Bertz CT molecular complexity index is 915. The van der Waals surface area contributed by atoms with Gasteiger partial charge in [0, 0.05) is 11.1 Å². The zero-order valence-corrected chi connectivity index (χ0v) is 14.9. The molecule has 0 aliphatic heterocycles. The number of nitrogens with one attached hydrogen (secondary N) is 1. The minimum atomic E-state index is 0.126. The van der Waals surface area contributed by atoms with Gasteiger partial charge in [-0.2, -0.15) is 0 Å². The minimum Gasteiger partial charge on any atom is -0.293 e. The summed E-state index contributed by atoms with van der Waals surface area (Å²) in [4.78, 5) is 16.9. The standard InChI is InChI=1S/C20H19N3OS/c1-13-5-7-15(8-6-13)19-21-20(23-22-19)25-12-18(24)17-10-9-14-3-2-4-16(14)11-17/h5-11H,2-4,12H2,1H3,(H,21,22,23). The second-order valence-corrected chi connectivity index (χ2v) is 7.32. The number of Topliss-reactive ketones (excluding diaryl/α,β-unsaturated/α-hetero) is 1. The Kier molecular flexibility index (Phi) is 4.40. The van der Waals surface area contributed by atoms with Crippen molar-refractivity contribution < 1.29 is 4.79 Å². The number of aromatic amines is 1. The molecule has 0 spiro atoms. The Morgan fingerprint density at radius 3 is 2.76 bits per heavy atom. The number of hydrogen-bond donors (Lipinski definition) is 1. The van der Waals surface area contributed by atoms with E-state index >= 15 is 0 Å². The van der Waals surface area contributed by atoms with E-state index in [1.54, 1.807) is 0 Å². The minimum absolute atomic E-state index is 0.126. The number of aryl methyl sites for hydroxylation is 3. The molecule has 1 heterocycles. The Hall–Kier alpha value is -2.40. The summed E-state index contributed by atoms with van der Waals surface area (Å²) in [5.41, 5.74) is 5.71. The molecule has 0 bridgehead atoms. The van der Waals surface area contributed by atoms with E-state index in [1.807, 2.05) is 30.3 Å². The predicted molar refractivity (Wildman–Crippen MR) is 100 cm³/mol. The van der Waals surface area contributed by atoms with Gasteiger partial charge < -0.3 is 0 Å². The summed E-state index contributed by atoms with van der Waals surface area (Å²) in [5, 5.41) is 7.76. The summed E-state index contributed by atoms with van der Waals surface area (Å²) < 4.78 is 0. The van der Waals surface area contributed by atoms with Gasteiger partial charge in [-0.3, -0.25) is 9.89 Å². The first kappa shape index (κ1) is 16.1. The smallest absolute Gasteiger partial charge is 0.209 e. The molecule has 25 heavy (non-hydrogen) atoms. The molecule has 1 N–H and O–H groups in total. The number of hydrogen-bond acceptors (Lipinski definition) is 4. The topological polar surface area (TPSA) is 58.6 Å². The van der Waals surface area contributed by atoms with Crippen LogP contribution in [0, 0.1) is 6.92 Å². The van der Waals surface area contributed by atoms with Crippen LogP contribution < -0.4 is 0 Å². The molecule has 1 aliphatic carbocycles. The summed E-state index contributed by atoms with van der Waals surface area (Å²) in [6, 6.07) is 14.2. The van der Waals surface area contributed by atoms with E-state index in [0.717, 1.165) is 29.8 Å². The molecule has 4 rings (SSSR count). The van der Waals surface area contributed by atoms with Crippen molar-refractivity contribution in [2.24, 2.45) is 0 Å². The van der Waals surface area contributed by atoms with Gasteiger partial charge in [0.25, 0.3) is 0 Å². The summed E-state index contributed by atoms with van der Waals surface area (Å²) in [5.74, 6) is 1.21. The van der Waals surface area contributed by atoms with Gasteiger partial charge in [-0.25, -0.2) is 4.98 Å². The normalized spacial score (nSPS) is 13.0. The van der Waals surface area contributed by atoms with Crippen molar-refractivity contribution in [3.8, 4) is 11.4 Å². The molecule has 3 aromatic rings. The van der Waals surface area contributed by atoms with Crippen molar-refractivity contribution in [1.29, 1.82) is 0 Å². The molecule has 0 atom stereocenters. The molecule has 1 aromatic heterocycles. The number of benzene rings is 2. The van der Waals surface area contributed by atoms with Crippen molar-refractivity contribution in [3.05, 3.63) is 64.7 Å². The highest BCUT2D eigenvalue weighted by Crippen LogP contribution is 2.24. The lowest BCUT2D eigenvalue weighted by Gasteiger charge is -2.03. The van der Waals surface area contributed by atoms with Gasteiger partial charge >= 0.3 is 0 Å². The fraction of sp³-hybridized carbons (Fsp3) is 0.250. The molecule has 2 aromatic carbocycles. The van der Waals surface area contributed by atoms with Crippen molar-refractivity contribution in [3.63, 3.8) is 0 Å². The number of H-pyrrole nitrogens is 1. The van der Waals surface area contributed by atoms with Gasteiger partial charge in [0.15, 0.2) is 11.6 Å². The Morgan fingerprint density at radius 1 is 1.12 bits per heavy atom.